The molecule has 16 heavy (non-hydrogen) atoms. The molecule has 10 N–H and O–H groups in total. The lowest BCUT2D eigenvalue weighted by atomic mass is 10.8. The van der Waals surface area contributed by atoms with Gasteiger partial charge in [0.15, 0.2) is 0 Å². The highest BCUT2D eigenvalue weighted by atomic mass is 32.3. The Kier molecular flexibility index (Phi) is 17.1. The van der Waals surface area contributed by atoms with Gasteiger partial charge >= 0.3 is 20.8 Å². The van der Waals surface area contributed by atoms with E-state index in [0.29, 0.717) is 0 Å². The molecule has 0 heterocycles. The van der Waals surface area contributed by atoms with E-state index in [1.807, 2.05) is 0 Å². The van der Waals surface area contributed by atoms with Gasteiger partial charge in [-0.05, 0) is 0 Å². The zero-order valence-electron chi connectivity index (χ0n) is 7.88. The summed E-state index contributed by atoms with van der Waals surface area (Å²) in [6.45, 7) is -0.250. The van der Waals surface area contributed by atoms with E-state index in [9.17, 15) is 16.8 Å². The van der Waals surface area contributed by atoms with Crippen LogP contribution in [-0.4, -0.2) is 49.4 Å². The first-order chi connectivity index (χ1) is 6.12. The maximum Gasteiger partial charge on any atom is 0.425 e. The quantitative estimate of drug-likeness (QED) is 0.184. The van der Waals surface area contributed by atoms with E-state index in [1.165, 1.54) is 0 Å². The van der Waals surface area contributed by atoms with Crippen molar-refractivity contribution in [3.63, 3.8) is 0 Å². The zero-order chi connectivity index (χ0) is 11.8. The molecule has 0 amide bonds. The van der Waals surface area contributed by atoms with Crippen molar-refractivity contribution < 1.29 is 44.8 Å². The van der Waals surface area contributed by atoms with Gasteiger partial charge in [-0.3, -0.25) is 9.11 Å². The summed E-state index contributed by atoms with van der Waals surface area (Å²) in [5.74, 6) is 0. The van der Waals surface area contributed by atoms with E-state index in [4.69, 9.17) is 19.3 Å². The third-order valence-corrected chi connectivity index (χ3v) is 0.866. The van der Waals surface area contributed by atoms with Gasteiger partial charge < -0.3 is 22.5 Å². The Morgan fingerprint density at radius 3 is 1.00 bits per heavy atom. The summed E-state index contributed by atoms with van der Waals surface area (Å²) in [5.41, 5.74) is 0. The molecule has 0 bridgehead atoms. The number of rotatable bonds is 4. The predicted octanol–water partition coefficient (Wildman–Crippen LogP) is -2.16. The highest BCUT2D eigenvalue weighted by Crippen LogP contribution is 1.92. The molecule has 0 unspecified atom stereocenters. The minimum atomic E-state index is -5.02. The fourth-order valence-corrected chi connectivity index (χ4v) is 0.632. The van der Waals surface area contributed by atoms with E-state index in [-0.39, 0.29) is 25.5 Å². The second-order valence-corrected chi connectivity index (χ2v) is 3.42. The number of aliphatic hydroxyl groups excluding tert-OH is 2. The van der Waals surface area contributed by atoms with Crippen LogP contribution in [0.4, 0.5) is 0 Å². The fraction of sp³-hybridized carbons (Fsp3) is 1.00. The molecule has 0 aromatic carbocycles. The highest BCUT2D eigenvalue weighted by molar-refractivity contribution is 7.83. The average Bonchev–Trinajstić information content (AvgIpc) is 1.99. The summed E-state index contributed by atoms with van der Waals surface area (Å²) in [4.78, 5) is 0. The van der Waals surface area contributed by atoms with Crippen LogP contribution in [0, 0.1) is 0 Å². The zero-order valence-corrected chi connectivity index (χ0v) is 9.52. The number of hydrogen-bond donors (Lipinski definition) is 6. The van der Waals surface area contributed by atoms with Crippen molar-refractivity contribution in [1.29, 1.82) is 0 Å². The van der Waals surface area contributed by atoms with Crippen LogP contribution in [0.25, 0.3) is 0 Å². The maximum absolute atomic E-state index is 9.51. The van der Waals surface area contributed by atoms with Crippen molar-refractivity contribution in [2.45, 2.75) is 0 Å². The molecule has 0 fully saturated rings. The first-order valence-electron chi connectivity index (χ1n) is 2.66. The van der Waals surface area contributed by atoms with Gasteiger partial charge in [0.2, 0.25) is 0 Å². The summed E-state index contributed by atoms with van der Waals surface area (Å²) >= 11 is 0. The van der Waals surface area contributed by atoms with Gasteiger partial charge in [-0.15, -0.1) is 0 Å². The molecule has 0 radical (unpaired) electrons. The summed E-state index contributed by atoms with van der Waals surface area (Å²) in [7, 11) is -10.0. The van der Waals surface area contributed by atoms with Crippen LogP contribution < -0.4 is 12.3 Å². The highest BCUT2D eigenvalue weighted by Gasteiger charge is 2.13. The Balaban J connectivity index is -0.000000105. The molecule has 0 saturated heterocycles. The molecule has 0 aliphatic rings. The molecule has 0 aromatic heterocycles. The minimum Gasteiger partial charge on any atom is -0.394 e. The SMILES string of the molecule is N.N.O=S(=O)(O)OOS(=O)(=O)O.OCCO. The first-order valence-corrected chi connectivity index (χ1v) is 5.39. The lowest BCUT2D eigenvalue weighted by Gasteiger charge is -1.92. The molecule has 0 aromatic rings. The molecule has 14 heteroatoms. The monoisotopic (exact) mass is 290 g/mol. The van der Waals surface area contributed by atoms with Crippen LogP contribution in [-0.2, 0) is 29.5 Å². The van der Waals surface area contributed by atoms with Crippen molar-refractivity contribution >= 4 is 20.8 Å². The second-order valence-electron chi connectivity index (χ2n) is 1.44. The van der Waals surface area contributed by atoms with Gasteiger partial charge in [0.25, 0.3) is 0 Å². The molecular weight excluding hydrogens is 276 g/mol. The normalized spacial score (nSPS) is 10.2. The lowest BCUT2D eigenvalue weighted by Crippen LogP contribution is -2.10. The van der Waals surface area contributed by atoms with Gasteiger partial charge in [-0.25, -0.2) is 0 Å². The fourth-order valence-electron chi connectivity index (χ4n) is 0.0702. The Morgan fingerprint density at radius 2 is 0.938 bits per heavy atom. The average molecular weight is 290 g/mol. The smallest absolute Gasteiger partial charge is 0.394 e. The summed E-state index contributed by atoms with van der Waals surface area (Å²) in [6.07, 6.45) is 0. The standard InChI is InChI=1S/C2H6O2.2H3N.H2O8S2/c3-1-2-4;;;1-9(2,3)7-8-10(4,5)6/h3-4H,1-2H2;2*1H3;(H,1,2,3)(H,4,5,6). The van der Waals surface area contributed by atoms with E-state index in [0.717, 1.165) is 0 Å². The number of aliphatic hydroxyl groups is 2. The van der Waals surface area contributed by atoms with Gasteiger partial charge in [0.1, 0.15) is 0 Å². The van der Waals surface area contributed by atoms with Gasteiger partial charge in [0.05, 0.1) is 13.2 Å². The van der Waals surface area contributed by atoms with Gasteiger partial charge in [0, 0.05) is 0 Å². The molecule has 12 nitrogen and oxygen atoms in total. The molecule has 104 valence electrons. The topological polar surface area (TPSA) is 238 Å². The van der Waals surface area contributed by atoms with E-state index < -0.39 is 20.8 Å². The van der Waals surface area contributed by atoms with Crippen molar-refractivity contribution in [3.05, 3.63) is 0 Å². The molecule has 0 spiro atoms. The van der Waals surface area contributed by atoms with E-state index in [1.54, 1.807) is 0 Å². The summed E-state index contributed by atoms with van der Waals surface area (Å²) < 4.78 is 58.9. The van der Waals surface area contributed by atoms with Crippen LogP contribution in [0.5, 0.6) is 0 Å². The maximum atomic E-state index is 9.51. The Bertz CT molecular complexity index is 285. The molecule has 0 rings (SSSR count). The Morgan fingerprint density at radius 1 is 0.750 bits per heavy atom. The second kappa shape index (κ2) is 11.1. The Labute approximate surface area is 91.8 Å². The van der Waals surface area contributed by atoms with E-state index >= 15 is 0 Å². The predicted molar refractivity (Wildman–Crippen MR) is 49.5 cm³/mol. The van der Waals surface area contributed by atoms with Crippen molar-refractivity contribution in [2.24, 2.45) is 0 Å². The van der Waals surface area contributed by atoms with Crippen LogP contribution in [0.2, 0.25) is 0 Å². The molecule has 0 aliphatic carbocycles. The molecule has 0 atom stereocenters. The van der Waals surface area contributed by atoms with Crippen LogP contribution in [0.1, 0.15) is 0 Å². The summed E-state index contributed by atoms with van der Waals surface area (Å²) in [6, 6.07) is 0. The van der Waals surface area contributed by atoms with Crippen LogP contribution >= 0.6 is 0 Å². The van der Waals surface area contributed by atoms with Gasteiger partial charge in [-0.1, -0.05) is 8.67 Å². The Hall–Kier alpha value is -0.420. The van der Waals surface area contributed by atoms with Crippen molar-refractivity contribution in [2.75, 3.05) is 13.2 Å². The largest absolute Gasteiger partial charge is 0.425 e. The molecular formula is C2H14N2O10S2. The van der Waals surface area contributed by atoms with Crippen molar-refractivity contribution in [3.8, 4) is 0 Å². The van der Waals surface area contributed by atoms with Crippen LogP contribution in [0.15, 0.2) is 0 Å². The van der Waals surface area contributed by atoms with Crippen molar-refractivity contribution in [1.82, 2.24) is 12.3 Å². The van der Waals surface area contributed by atoms with Crippen LogP contribution in [0.3, 0.4) is 0 Å². The molecule has 0 aliphatic heterocycles. The number of hydrogen-bond acceptors (Lipinski definition) is 10. The third-order valence-electron chi connectivity index (χ3n) is 0.300. The first kappa shape index (κ1) is 24.7. The minimum absolute atomic E-state index is 0. The summed E-state index contributed by atoms with van der Waals surface area (Å²) in [5, 5.41) is 15.2. The third kappa shape index (κ3) is 37.4. The lowest BCUT2D eigenvalue weighted by molar-refractivity contribution is -0.105. The molecule has 0 saturated carbocycles. The van der Waals surface area contributed by atoms with Gasteiger partial charge in [-0.2, -0.15) is 16.8 Å². The van der Waals surface area contributed by atoms with E-state index in [2.05, 4.69) is 8.67 Å².